The maximum absolute atomic E-state index is 14.0. The highest BCUT2D eigenvalue weighted by atomic mass is 35.5. The van der Waals surface area contributed by atoms with E-state index in [1.807, 2.05) is 45.0 Å². The molecule has 0 aliphatic heterocycles. The van der Waals surface area contributed by atoms with Crippen LogP contribution in [-0.4, -0.2) is 50.9 Å². The van der Waals surface area contributed by atoms with Crippen molar-refractivity contribution in [1.29, 1.82) is 0 Å². The Morgan fingerprint density at radius 1 is 1.00 bits per heavy atom. The second-order valence-electron chi connectivity index (χ2n) is 9.65. The maximum Gasteiger partial charge on any atom is 0.264 e. The average Bonchev–Trinajstić information content (AvgIpc) is 2.94. The van der Waals surface area contributed by atoms with E-state index in [0.29, 0.717) is 5.75 Å². The zero-order chi connectivity index (χ0) is 29.4. The summed E-state index contributed by atoms with van der Waals surface area (Å²) in [7, 11) is -2.73. The highest BCUT2D eigenvalue weighted by molar-refractivity contribution is 7.92. The standard InChI is InChI=1S/C30H36ClN3O5S/c1-6-22(3)32-30(36)23(4)33(19-24-12-10-11-21(2)17-24)29(35)20-34(25-15-16-28(39-5)27(31)18-25)40(37,38)26-13-8-7-9-14-26/h7-18,22-23H,6,19-20H2,1-5H3,(H,32,36). The normalized spacial score (nSPS) is 12.8. The van der Waals surface area contributed by atoms with Gasteiger partial charge in [0.05, 0.1) is 22.7 Å². The Morgan fingerprint density at radius 3 is 2.30 bits per heavy atom. The Hall–Kier alpha value is -3.56. The zero-order valence-electron chi connectivity index (χ0n) is 23.4. The second kappa shape index (κ2) is 13.7. The van der Waals surface area contributed by atoms with Crippen molar-refractivity contribution in [3.05, 3.63) is 88.9 Å². The van der Waals surface area contributed by atoms with Crippen LogP contribution < -0.4 is 14.4 Å². The minimum atomic E-state index is -4.18. The quantitative estimate of drug-likeness (QED) is 0.316. The fourth-order valence-electron chi connectivity index (χ4n) is 4.11. The van der Waals surface area contributed by atoms with Crippen molar-refractivity contribution in [2.24, 2.45) is 0 Å². The molecule has 10 heteroatoms. The number of nitrogens with one attached hydrogen (secondary N) is 1. The highest BCUT2D eigenvalue weighted by Crippen LogP contribution is 2.32. The van der Waals surface area contributed by atoms with E-state index in [2.05, 4.69) is 5.32 Å². The van der Waals surface area contributed by atoms with E-state index in [-0.39, 0.29) is 34.1 Å². The molecule has 3 aromatic rings. The van der Waals surface area contributed by atoms with Crippen LogP contribution in [0.4, 0.5) is 5.69 Å². The first-order valence-electron chi connectivity index (χ1n) is 13.0. The number of nitrogens with zero attached hydrogens (tertiary/aromatic N) is 2. The third kappa shape index (κ3) is 7.55. The average molecular weight is 586 g/mol. The van der Waals surface area contributed by atoms with Crippen molar-refractivity contribution in [3.8, 4) is 5.75 Å². The summed E-state index contributed by atoms with van der Waals surface area (Å²) in [5, 5.41) is 3.12. The molecule has 214 valence electrons. The van der Waals surface area contributed by atoms with Crippen LogP contribution in [0, 0.1) is 6.92 Å². The molecule has 0 saturated carbocycles. The first-order chi connectivity index (χ1) is 19.0. The summed E-state index contributed by atoms with van der Waals surface area (Å²) in [5.74, 6) is -0.495. The lowest BCUT2D eigenvalue weighted by molar-refractivity contribution is -0.139. The van der Waals surface area contributed by atoms with Crippen molar-refractivity contribution in [2.45, 2.75) is 57.6 Å². The summed E-state index contributed by atoms with van der Waals surface area (Å²) in [4.78, 5) is 28.5. The number of rotatable bonds is 12. The Morgan fingerprint density at radius 2 is 1.70 bits per heavy atom. The number of sulfonamides is 1. The molecule has 0 saturated heterocycles. The SMILES string of the molecule is CCC(C)NC(=O)C(C)N(Cc1cccc(C)c1)C(=O)CN(c1ccc(OC)c(Cl)c1)S(=O)(=O)c1ccccc1. The molecule has 0 aliphatic rings. The number of methoxy groups -OCH3 is 1. The second-order valence-corrected chi connectivity index (χ2v) is 11.9. The third-order valence-corrected chi connectivity index (χ3v) is 8.72. The minimum Gasteiger partial charge on any atom is -0.495 e. The molecule has 0 fully saturated rings. The number of hydrogen-bond acceptors (Lipinski definition) is 5. The fraction of sp³-hybridized carbons (Fsp3) is 0.333. The van der Waals surface area contributed by atoms with Crippen LogP contribution in [0.2, 0.25) is 5.02 Å². The largest absolute Gasteiger partial charge is 0.495 e. The van der Waals surface area contributed by atoms with Crippen molar-refractivity contribution in [1.82, 2.24) is 10.2 Å². The van der Waals surface area contributed by atoms with Crippen LogP contribution >= 0.6 is 11.6 Å². The van der Waals surface area contributed by atoms with Gasteiger partial charge in [-0.05, 0) is 63.1 Å². The fourth-order valence-corrected chi connectivity index (χ4v) is 5.79. The van der Waals surface area contributed by atoms with E-state index in [9.17, 15) is 18.0 Å². The molecule has 8 nitrogen and oxygen atoms in total. The summed E-state index contributed by atoms with van der Waals surface area (Å²) in [5.41, 5.74) is 2.01. The molecule has 0 spiro atoms. The number of carbonyl (C=O) groups excluding carboxylic acids is 2. The smallest absolute Gasteiger partial charge is 0.264 e. The summed E-state index contributed by atoms with van der Waals surface area (Å²) in [6.07, 6.45) is 0.728. The molecule has 2 atom stereocenters. The summed E-state index contributed by atoms with van der Waals surface area (Å²) >= 11 is 6.35. The van der Waals surface area contributed by atoms with Gasteiger partial charge in [0.15, 0.2) is 0 Å². The molecule has 2 unspecified atom stereocenters. The van der Waals surface area contributed by atoms with Gasteiger partial charge in [-0.3, -0.25) is 13.9 Å². The third-order valence-electron chi connectivity index (χ3n) is 6.64. The van der Waals surface area contributed by atoms with Crippen molar-refractivity contribution >= 4 is 39.1 Å². The van der Waals surface area contributed by atoms with Gasteiger partial charge in [-0.1, -0.05) is 66.6 Å². The molecule has 40 heavy (non-hydrogen) atoms. The van der Waals surface area contributed by atoms with Gasteiger partial charge < -0.3 is 15.0 Å². The van der Waals surface area contributed by atoms with Gasteiger partial charge in [-0.15, -0.1) is 0 Å². The molecule has 3 aromatic carbocycles. The maximum atomic E-state index is 14.0. The molecule has 0 aliphatic carbocycles. The van der Waals surface area contributed by atoms with Crippen molar-refractivity contribution in [2.75, 3.05) is 18.0 Å². The van der Waals surface area contributed by atoms with Gasteiger partial charge in [0, 0.05) is 12.6 Å². The molecule has 1 N–H and O–H groups in total. The lowest BCUT2D eigenvalue weighted by Gasteiger charge is -2.32. The summed E-state index contributed by atoms with van der Waals surface area (Å²) < 4.78 is 33.9. The van der Waals surface area contributed by atoms with Gasteiger partial charge in [-0.25, -0.2) is 8.42 Å². The zero-order valence-corrected chi connectivity index (χ0v) is 25.0. The Labute approximate surface area is 241 Å². The minimum absolute atomic E-state index is 0.0162. The van der Waals surface area contributed by atoms with Crippen LogP contribution in [0.15, 0.2) is 77.7 Å². The number of carbonyl (C=O) groups is 2. The Bertz CT molecular complexity index is 1430. The van der Waals surface area contributed by atoms with Crippen LogP contribution in [0.25, 0.3) is 0 Å². The number of benzene rings is 3. The number of hydrogen-bond donors (Lipinski definition) is 1. The molecule has 0 radical (unpaired) electrons. The van der Waals surface area contributed by atoms with Crippen molar-refractivity contribution in [3.63, 3.8) is 0 Å². The van der Waals surface area contributed by atoms with Crippen LogP contribution in [0.1, 0.15) is 38.3 Å². The van der Waals surface area contributed by atoms with E-state index >= 15 is 0 Å². The van der Waals surface area contributed by atoms with E-state index < -0.39 is 28.5 Å². The summed E-state index contributed by atoms with van der Waals surface area (Å²) in [6.45, 7) is 7.00. The molecule has 0 aromatic heterocycles. The molecule has 3 rings (SSSR count). The Balaban J connectivity index is 2.05. The predicted molar refractivity (Wildman–Crippen MR) is 158 cm³/mol. The van der Waals surface area contributed by atoms with Gasteiger partial charge in [0.2, 0.25) is 11.8 Å². The topological polar surface area (TPSA) is 96.0 Å². The molecular formula is C30H36ClN3O5S. The van der Waals surface area contributed by atoms with E-state index in [1.54, 1.807) is 31.2 Å². The lowest BCUT2D eigenvalue weighted by Crippen LogP contribution is -2.52. The first-order valence-corrected chi connectivity index (χ1v) is 14.9. The predicted octanol–water partition coefficient (Wildman–Crippen LogP) is 5.18. The first kappa shape index (κ1) is 31.0. The van der Waals surface area contributed by atoms with Gasteiger partial charge in [0.25, 0.3) is 10.0 Å². The molecule has 2 amide bonds. The molecule has 0 bridgehead atoms. The number of halogens is 1. The Kier molecular flexibility index (Phi) is 10.6. The number of ether oxygens (including phenoxy) is 1. The van der Waals surface area contributed by atoms with Gasteiger partial charge >= 0.3 is 0 Å². The van der Waals surface area contributed by atoms with Gasteiger partial charge in [0.1, 0.15) is 18.3 Å². The van der Waals surface area contributed by atoms with Crippen LogP contribution in [-0.2, 0) is 26.2 Å². The number of amides is 2. The monoisotopic (exact) mass is 585 g/mol. The van der Waals surface area contributed by atoms with E-state index in [1.165, 1.54) is 36.3 Å². The summed E-state index contributed by atoms with van der Waals surface area (Å²) in [6, 6.07) is 19.1. The number of aryl methyl sites for hydroxylation is 1. The number of anilines is 1. The highest BCUT2D eigenvalue weighted by Gasteiger charge is 2.33. The van der Waals surface area contributed by atoms with Crippen LogP contribution in [0.5, 0.6) is 5.75 Å². The van der Waals surface area contributed by atoms with E-state index in [0.717, 1.165) is 21.9 Å². The lowest BCUT2D eigenvalue weighted by atomic mass is 10.1. The molecule has 0 heterocycles. The van der Waals surface area contributed by atoms with Crippen molar-refractivity contribution < 1.29 is 22.7 Å². The van der Waals surface area contributed by atoms with Crippen LogP contribution in [0.3, 0.4) is 0 Å². The van der Waals surface area contributed by atoms with E-state index in [4.69, 9.17) is 16.3 Å². The molecular weight excluding hydrogens is 550 g/mol. The van der Waals surface area contributed by atoms with Gasteiger partial charge in [-0.2, -0.15) is 0 Å².